The van der Waals surface area contributed by atoms with E-state index < -0.39 is 0 Å². The molecule has 21 heavy (non-hydrogen) atoms. The first kappa shape index (κ1) is 12.6. The maximum atomic E-state index is 4.84. The summed E-state index contributed by atoms with van der Waals surface area (Å²) in [5.41, 5.74) is 3.70. The lowest BCUT2D eigenvalue weighted by Crippen LogP contribution is -2.22. The average Bonchev–Trinajstić information content (AvgIpc) is 3.16. The number of nitrogens with zero attached hydrogens (tertiary/aromatic N) is 4. The van der Waals surface area contributed by atoms with Crippen LogP contribution in [0.5, 0.6) is 0 Å². The number of rotatable bonds is 2. The number of fused-ring (bicyclic) bond motifs is 1. The van der Waals surface area contributed by atoms with E-state index in [9.17, 15) is 0 Å². The van der Waals surface area contributed by atoms with Crippen LogP contribution in [0.25, 0.3) is 0 Å². The van der Waals surface area contributed by atoms with Gasteiger partial charge in [-0.05, 0) is 37.8 Å². The molecule has 1 aromatic heterocycles. The molecule has 0 atom stereocenters. The van der Waals surface area contributed by atoms with Crippen LogP contribution in [0.1, 0.15) is 24.1 Å². The Morgan fingerprint density at radius 3 is 2.67 bits per heavy atom. The summed E-state index contributed by atoms with van der Waals surface area (Å²) in [6.07, 6.45) is 3.61. The maximum absolute atomic E-state index is 4.84. The van der Waals surface area contributed by atoms with Crippen molar-refractivity contribution in [2.75, 3.05) is 29.4 Å². The Labute approximate surface area is 125 Å². The largest absolute Gasteiger partial charge is 0.356 e. The lowest BCUT2D eigenvalue weighted by atomic mass is 10.2. The molecule has 0 radical (unpaired) electrons. The van der Waals surface area contributed by atoms with Crippen molar-refractivity contribution in [1.29, 1.82) is 0 Å². The third-order valence-electron chi connectivity index (χ3n) is 4.39. The molecule has 2 aliphatic rings. The van der Waals surface area contributed by atoms with Crippen LogP contribution in [0.15, 0.2) is 30.3 Å². The maximum Gasteiger partial charge on any atom is 0.232 e. The van der Waals surface area contributed by atoms with E-state index in [0.717, 1.165) is 43.5 Å². The second kappa shape index (κ2) is 5.02. The Hall–Kier alpha value is -2.10. The third-order valence-corrected chi connectivity index (χ3v) is 4.39. The normalized spacial score (nSPS) is 17.4. The number of benzene rings is 1. The fourth-order valence-corrected chi connectivity index (χ4v) is 3.31. The van der Waals surface area contributed by atoms with Crippen molar-refractivity contribution in [3.05, 3.63) is 41.6 Å². The molecular formula is C17H20N4. The molecule has 1 aromatic carbocycles. The highest BCUT2D eigenvalue weighted by molar-refractivity contribution is 5.66. The molecule has 0 N–H and O–H groups in total. The molecule has 1 fully saturated rings. The summed E-state index contributed by atoms with van der Waals surface area (Å²) in [6.45, 7) is 5.27. The molecule has 4 nitrogen and oxygen atoms in total. The van der Waals surface area contributed by atoms with Crippen molar-refractivity contribution < 1.29 is 0 Å². The number of aryl methyl sites for hydroxylation is 1. The van der Waals surface area contributed by atoms with Gasteiger partial charge < -0.3 is 9.80 Å². The average molecular weight is 280 g/mol. The standard InChI is InChI=1S/C17H20N4/c1-13-12-16(20-9-4-5-10-20)19-17(18-13)21-11-8-14-6-2-3-7-15(14)21/h2-3,6-7,12H,4-5,8-11H2,1H3. The zero-order valence-electron chi connectivity index (χ0n) is 12.4. The molecule has 0 amide bonds. The van der Waals surface area contributed by atoms with Gasteiger partial charge in [0.15, 0.2) is 0 Å². The van der Waals surface area contributed by atoms with E-state index in [2.05, 4.69) is 52.0 Å². The van der Waals surface area contributed by atoms with Crippen LogP contribution in [0, 0.1) is 6.92 Å². The van der Waals surface area contributed by atoms with Crippen LogP contribution in [0.3, 0.4) is 0 Å². The van der Waals surface area contributed by atoms with Gasteiger partial charge in [-0.15, -0.1) is 0 Å². The van der Waals surface area contributed by atoms with Crippen LogP contribution in [0.4, 0.5) is 17.5 Å². The monoisotopic (exact) mass is 280 g/mol. The molecule has 108 valence electrons. The quantitative estimate of drug-likeness (QED) is 0.846. The Kier molecular flexibility index (Phi) is 3.02. The van der Waals surface area contributed by atoms with E-state index in [1.54, 1.807) is 0 Å². The highest BCUT2D eigenvalue weighted by Crippen LogP contribution is 2.33. The van der Waals surface area contributed by atoms with Crippen molar-refractivity contribution in [3.8, 4) is 0 Å². The van der Waals surface area contributed by atoms with Gasteiger partial charge in [0, 0.05) is 37.1 Å². The van der Waals surface area contributed by atoms with Gasteiger partial charge in [-0.1, -0.05) is 18.2 Å². The number of para-hydroxylation sites is 1. The van der Waals surface area contributed by atoms with Crippen molar-refractivity contribution in [3.63, 3.8) is 0 Å². The number of aromatic nitrogens is 2. The van der Waals surface area contributed by atoms with Gasteiger partial charge in [0.1, 0.15) is 5.82 Å². The molecule has 1 saturated heterocycles. The van der Waals surface area contributed by atoms with Gasteiger partial charge >= 0.3 is 0 Å². The van der Waals surface area contributed by atoms with Crippen molar-refractivity contribution in [2.45, 2.75) is 26.2 Å². The molecule has 4 heteroatoms. The van der Waals surface area contributed by atoms with Crippen LogP contribution < -0.4 is 9.80 Å². The molecular weight excluding hydrogens is 260 g/mol. The van der Waals surface area contributed by atoms with E-state index in [-0.39, 0.29) is 0 Å². The SMILES string of the molecule is Cc1cc(N2CCCC2)nc(N2CCc3ccccc32)n1. The van der Waals surface area contributed by atoms with E-state index in [1.165, 1.54) is 24.1 Å². The van der Waals surface area contributed by atoms with Crippen LogP contribution in [0.2, 0.25) is 0 Å². The first-order valence-electron chi connectivity index (χ1n) is 7.77. The van der Waals surface area contributed by atoms with Gasteiger partial charge in [0.2, 0.25) is 5.95 Å². The second-order valence-electron chi connectivity index (χ2n) is 5.89. The molecule has 0 saturated carbocycles. The minimum Gasteiger partial charge on any atom is -0.356 e. The van der Waals surface area contributed by atoms with Crippen LogP contribution in [-0.2, 0) is 6.42 Å². The summed E-state index contributed by atoms with van der Waals surface area (Å²) < 4.78 is 0. The Bertz CT molecular complexity index is 662. The molecule has 2 aliphatic heterocycles. The topological polar surface area (TPSA) is 32.3 Å². The summed E-state index contributed by atoms with van der Waals surface area (Å²) in [4.78, 5) is 14.1. The Morgan fingerprint density at radius 2 is 1.81 bits per heavy atom. The van der Waals surface area contributed by atoms with E-state index in [0.29, 0.717) is 0 Å². The molecule has 0 bridgehead atoms. The zero-order chi connectivity index (χ0) is 14.2. The summed E-state index contributed by atoms with van der Waals surface area (Å²) in [6, 6.07) is 10.7. The zero-order valence-corrected chi connectivity index (χ0v) is 12.4. The number of hydrogen-bond donors (Lipinski definition) is 0. The summed E-state index contributed by atoms with van der Waals surface area (Å²) in [5, 5.41) is 0. The smallest absolute Gasteiger partial charge is 0.232 e. The molecule has 0 aliphatic carbocycles. The highest BCUT2D eigenvalue weighted by Gasteiger charge is 2.23. The lowest BCUT2D eigenvalue weighted by molar-refractivity contribution is 0.887. The van der Waals surface area contributed by atoms with Crippen LogP contribution >= 0.6 is 0 Å². The molecule has 4 rings (SSSR count). The fraction of sp³-hybridized carbons (Fsp3) is 0.412. The highest BCUT2D eigenvalue weighted by atomic mass is 15.3. The number of hydrogen-bond acceptors (Lipinski definition) is 4. The molecule has 0 unspecified atom stereocenters. The van der Waals surface area contributed by atoms with Gasteiger partial charge in [-0.2, -0.15) is 4.98 Å². The lowest BCUT2D eigenvalue weighted by Gasteiger charge is -2.22. The van der Waals surface area contributed by atoms with Gasteiger partial charge in [0.05, 0.1) is 0 Å². The first-order chi connectivity index (χ1) is 10.3. The summed E-state index contributed by atoms with van der Waals surface area (Å²) >= 11 is 0. The third kappa shape index (κ3) is 2.24. The van der Waals surface area contributed by atoms with Gasteiger partial charge in [-0.25, -0.2) is 4.98 Å². The molecule has 0 spiro atoms. The first-order valence-corrected chi connectivity index (χ1v) is 7.77. The summed E-state index contributed by atoms with van der Waals surface area (Å²) in [7, 11) is 0. The fourth-order valence-electron chi connectivity index (χ4n) is 3.31. The predicted molar refractivity (Wildman–Crippen MR) is 85.4 cm³/mol. The van der Waals surface area contributed by atoms with E-state index in [1.807, 2.05) is 0 Å². The minimum absolute atomic E-state index is 0.849. The predicted octanol–water partition coefficient (Wildman–Crippen LogP) is 3.08. The summed E-state index contributed by atoms with van der Waals surface area (Å²) in [5.74, 6) is 1.93. The van der Waals surface area contributed by atoms with E-state index >= 15 is 0 Å². The Balaban J connectivity index is 1.72. The van der Waals surface area contributed by atoms with Gasteiger partial charge in [-0.3, -0.25) is 0 Å². The van der Waals surface area contributed by atoms with Crippen molar-refractivity contribution in [2.24, 2.45) is 0 Å². The minimum atomic E-state index is 0.849. The van der Waals surface area contributed by atoms with E-state index in [4.69, 9.17) is 4.98 Å². The molecule has 2 aromatic rings. The van der Waals surface area contributed by atoms with Crippen LogP contribution in [-0.4, -0.2) is 29.6 Å². The van der Waals surface area contributed by atoms with Crippen molar-refractivity contribution >= 4 is 17.5 Å². The Morgan fingerprint density at radius 1 is 1.00 bits per heavy atom. The van der Waals surface area contributed by atoms with Gasteiger partial charge in [0.25, 0.3) is 0 Å². The molecule has 3 heterocycles. The van der Waals surface area contributed by atoms with Crippen molar-refractivity contribution in [1.82, 2.24) is 9.97 Å². The number of anilines is 3. The second-order valence-corrected chi connectivity index (χ2v) is 5.89.